The van der Waals surface area contributed by atoms with Crippen LogP contribution in [0.3, 0.4) is 0 Å². The van der Waals surface area contributed by atoms with Crippen molar-refractivity contribution in [3.63, 3.8) is 0 Å². The number of hydrogen-bond acceptors (Lipinski definition) is 5. The molecule has 108 valence electrons. The van der Waals surface area contributed by atoms with Gasteiger partial charge in [0, 0.05) is 15.5 Å². The molecule has 5 nitrogen and oxygen atoms in total. The molecule has 4 N–H and O–H groups in total. The minimum absolute atomic E-state index is 0.0359. The largest absolute Gasteiger partial charge is 0.324 e. The fraction of sp³-hybridized carbons (Fsp3) is 0.143. The molecule has 0 radical (unpaired) electrons. The van der Waals surface area contributed by atoms with Crippen LogP contribution in [-0.2, 0) is 9.59 Å². The highest BCUT2D eigenvalue weighted by molar-refractivity contribution is 8.00. The molecule has 2 heterocycles. The van der Waals surface area contributed by atoms with Gasteiger partial charge in [-0.25, -0.2) is 0 Å². The summed E-state index contributed by atoms with van der Waals surface area (Å²) in [4.78, 5) is 25.3. The Bertz CT molecular complexity index is 686. The Labute approximate surface area is 129 Å². The summed E-state index contributed by atoms with van der Waals surface area (Å²) < 4.78 is 0. The number of fused-ring (bicyclic) bond motifs is 1. The average Bonchev–Trinajstić information content (AvgIpc) is 3.00. The van der Waals surface area contributed by atoms with Crippen LogP contribution < -0.4 is 16.4 Å². The van der Waals surface area contributed by atoms with Crippen LogP contribution in [0.5, 0.6) is 0 Å². The number of amides is 2. The van der Waals surface area contributed by atoms with Crippen LogP contribution in [0.1, 0.15) is 10.9 Å². The Hall–Kier alpha value is -1.83. The van der Waals surface area contributed by atoms with Crippen LogP contribution in [0.15, 0.2) is 40.6 Å². The number of anilines is 2. The first-order valence-electron chi connectivity index (χ1n) is 6.30. The molecule has 21 heavy (non-hydrogen) atoms. The van der Waals surface area contributed by atoms with Crippen LogP contribution in [-0.4, -0.2) is 17.6 Å². The van der Waals surface area contributed by atoms with Crippen molar-refractivity contribution in [1.29, 1.82) is 0 Å². The third kappa shape index (κ3) is 3.10. The fourth-order valence-electron chi connectivity index (χ4n) is 1.98. The van der Waals surface area contributed by atoms with Gasteiger partial charge < -0.3 is 16.4 Å². The molecule has 0 saturated heterocycles. The van der Waals surface area contributed by atoms with Gasteiger partial charge in [-0.1, -0.05) is 6.07 Å². The number of carbonyl (C=O) groups excluding carboxylic acids is 2. The van der Waals surface area contributed by atoms with Gasteiger partial charge in [0.05, 0.1) is 11.4 Å². The fourth-order valence-corrected chi connectivity index (χ4v) is 3.49. The van der Waals surface area contributed by atoms with Crippen molar-refractivity contribution in [3.05, 3.63) is 40.6 Å². The van der Waals surface area contributed by atoms with Crippen LogP contribution >= 0.6 is 23.1 Å². The lowest BCUT2D eigenvalue weighted by Gasteiger charge is -2.18. The summed E-state index contributed by atoms with van der Waals surface area (Å²) >= 11 is 2.93. The van der Waals surface area contributed by atoms with Crippen LogP contribution in [0.25, 0.3) is 0 Å². The average molecular weight is 319 g/mol. The molecule has 1 aliphatic rings. The summed E-state index contributed by atoms with van der Waals surface area (Å²) in [5.74, 6) is 0.112. The minimum Gasteiger partial charge on any atom is -0.324 e. The van der Waals surface area contributed by atoms with Crippen LogP contribution in [0, 0.1) is 0 Å². The highest BCUT2D eigenvalue weighted by Gasteiger charge is 2.19. The monoisotopic (exact) mass is 319 g/mol. The van der Waals surface area contributed by atoms with Crippen LogP contribution in [0.2, 0.25) is 0 Å². The highest BCUT2D eigenvalue weighted by Crippen LogP contribution is 2.33. The van der Waals surface area contributed by atoms with Gasteiger partial charge in [-0.2, -0.15) is 0 Å². The number of carbonyl (C=O) groups is 2. The van der Waals surface area contributed by atoms with Crippen molar-refractivity contribution < 1.29 is 9.59 Å². The summed E-state index contributed by atoms with van der Waals surface area (Å²) in [6.45, 7) is 0. The van der Waals surface area contributed by atoms with Crippen molar-refractivity contribution >= 4 is 46.3 Å². The van der Waals surface area contributed by atoms with Gasteiger partial charge >= 0.3 is 0 Å². The molecule has 3 rings (SSSR count). The van der Waals surface area contributed by atoms with E-state index >= 15 is 0 Å². The zero-order chi connectivity index (χ0) is 14.8. The molecule has 1 aliphatic heterocycles. The third-order valence-corrected chi connectivity index (χ3v) is 5.04. The van der Waals surface area contributed by atoms with Crippen molar-refractivity contribution in [2.24, 2.45) is 5.73 Å². The Morgan fingerprint density at radius 3 is 3.00 bits per heavy atom. The molecule has 1 unspecified atom stereocenters. The molecular weight excluding hydrogens is 306 g/mol. The lowest BCUT2D eigenvalue weighted by atomic mass is 10.2. The maximum atomic E-state index is 12.1. The first-order valence-corrected chi connectivity index (χ1v) is 8.16. The Balaban J connectivity index is 1.74. The van der Waals surface area contributed by atoms with Gasteiger partial charge in [0.15, 0.2) is 0 Å². The predicted octanol–water partition coefficient (Wildman–Crippen LogP) is 2.43. The number of hydrogen-bond donors (Lipinski definition) is 3. The molecule has 0 fully saturated rings. The van der Waals surface area contributed by atoms with E-state index in [1.165, 1.54) is 23.1 Å². The molecule has 1 aromatic heterocycles. The predicted molar refractivity (Wildman–Crippen MR) is 85.7 cm³/mol. The Morgan fingerprint density at radius 1 is 1.38 bits per heavy atom. The molecule has 2 amide bonds. The van der Waals surface area contributed by atoms with Crippen molar-refractivity contribution in [1.82, 2.24) is 0 Å². The molecular formula is C14H13N3O2S2. The van der Waals surface area contributed by atoms with E-state index in [9.17, 15) is 9.59 Å². The van der Waals surface area contributed by atoms with E-state index < -0.39 is 6.04 Å². The number of nitrogens with one attached hydrogen (secondary N) is 2. The van der Waals surface area contributed by atoms with E-state index in [-0.39, 0.29) is 11.8 Å². The molecule has 0 saturated carbocycles. The number of thiophene rings is 1. The van der Waals surface area contributed by atoms with E-state index in [1.807, 2.05) is 29.6 Å². The summed E-state index contributed by atoms with van der Waals surface area (Å²) in [6.07, 6.45) is 0. The number of rotatable bonds is 3. The van der Waals surface area contributed by atoms with Gasteiger partial charge in [-0.05, 0) is 29.6 Å². The summed E-state index contributed by atoms with van der Waals surface area (Å²) in [5.41, 5.74) is 7.26. The smallest absolute Gasteiger partial charge is 0.246 e. The summed E-state index contributed by atoms with van der Waals surface area (Å²) in [6, 6.07) is 8.44. The standard InChI is InChI=1S/C14H13N3O2S2/c15-13(11-2-1-5-20-11)14(19)16-8-3-4-10-9(6-8)17-12(18)7-21-10/h1-6,13H,7,15H2,(H,16,19)(H,17,18). The molecule has 7 heteroatoms. The first-order chi connectivity index (χ1) is 10.1. The van der Waals surface area contributed by atoms with E-state index in [4.69, 9.17) is 5.73 Å². The summed E-state index contributed by atoms with van der Waals surface area (Å²) in [7, 11) is 0. The van der Waals surface area contributed by atoms with Crippen LogP contribution in [0.4, 0.5) is 11.4 Å². The second kappa shape index (κ2) is 5.88. The summed E-state index contributed by atoms with van der Waals surface area (Å²) in [5, 5.41) is 7.45. The van der Waals surface area contributed by atoms with Gasteiger partial charge in [0.1, 0.15) is 6.04 Å². The quantitative estimate of drug-likeness (QED) is 0.811. The van der Waals surface area contributed by atoms with E-state index in [0.717, 1.165) is 15.5 Å². The molecule has 0 aliphatic carbocycles. The highest BCUT2D eigenvalue weighted by atomic mass is 32.2. The number of thioether (sulfide) groups is 1. The topological polar surface area (TPSA) is 84.2 Å². The first kappa shape index (κ1) is 14.1. The van der Waals surface area contributed by atoms with Gasteiger partial charge in [0.2, 0.25) is 11.8 Å². The second-order valence-electron chi connectivity index (χ2n) is 4.53. The normalized spacial score (nSPS) is 15.0. The van der Waals surface area contributed by atoms with Crippen molar-refractivity contribution in [2.45, 2.75) is 10.9 Å². The molecule has 1 aromatic carbocycles. The maximum absolute atomic E-state index is 12.1. The lowest BCUT2D eigenvalue weighted by molar-refractivity contribution is -0.117. The zero-order valence-electron chi connectivity index (χ0n) is 11.0. The molecule has 0 bridgehead atoms. The van der Waals surface area contributed by atoms with Gasteiger partial charge in [-0.3, -0.25) is 9.59 Å². The number of benzene rings is 1. The number of nitrogens with two attached hydrogens (primary N) is 1. The second-order valence-corrected chi connectivity index (χ2v) is 6.53. The van der Waals surface area contributed by atoms with Crippen molar-refractivity contribution in [3.8, 4) is 0 Å². The SMILES string of the molecule is NC(C(=O)Nc1ccc2c(c1)NC(=O)CS2)c1cccs1. The molecule has 1 atom stereocenters. The zero-order valence-corrected chi connectivity index (χ0v) is 12.6. The maximum Gasteiger partial charge on any atom is 0.246 e. The Kier molecular flexibility index (Phi) is 3.96. The van der Waals surface area contributed by atoms with Gasteiger partial charge in [-0.15, -0.1) is 23.1 Å². The van der Waals surface area contributed by atoms with E-state index in [2.05, 4.69) is 10.6 Å². The Morgan fingerprint density at radius 2 is 2.24 bits per heavy atom. The van der Waals surface area contributed by atoms with Gasteiger partial charge in [0.25, 0.3) is 0 Å². The molecule has 0 spiro atoms. The van der Waals surface area contributed by atoms with Crippen molar-refractivity contribution in [2.75, 3.05) is 16.4 Å². The molecule has 2 aromatic rings. The lowest BCUT2D eigenvalue weighted by Crippen LogP contribution is -2.27. The minimum atomic E-state index is -0.690. The van der Waals surface area contributed by atoms with E-state index in [1.54, 1.807) is 6.07 Å². The third-order valence-electron chi connectivity index (χ3n) is 3.01. The van der Waals surface area contributed by atoms with E-state index in [0.29, 0.717) is 11.4 Å².